The lowest BCUT2D eigenvalue weighted by molar-refractivity contribution is 0.174. The van der Waals surface area contributed by atoms with Crippen molar-refractivity contribution in [2.45, 2.75) is 51.5 Å². The normalized spacial score (nSPS) is 17.3. The van der Waals surface area contributed by atoms with Gasteiger partial charge in [-0.1, -0.05) is 25.3 Å². The molecule has 24 heavy (non-hydrogen) atoms. The predicted molar refractivity (Wildman–Crippen MR) is 108 cm³/mol. The fourth-order valence-corrected chi connectivity index (χ4v) is 3.15. The molecule has 5 nitrogen and oxygen atoms in total. The van der Waals surface area contributed by atoms with Crippen molar-refractivity contribution in [3.63, 3.8) is 0 Å². The lowest BCUT2D eigenvalue weighted by atomic mass is 9.96. The summed E-state index contributed by atoms with van der Waals surface area (Å²) in [5.41, 5.74) is 1.23. The second-order valence-electron chi connectivity index (χ2n) is 6.18. The minimum absolute atomic E-state index is 0. The number of hydrogen-bond donors (Lipinski definition) is 2. The summed E-state index contributed by atoms with van der Waals surface area (Å²) in [6, 6.07) is 6.70. The van der Waals surface area contributed by atoms with Crippen molar-refractivity contribution in [3.05, 3.63) is 23.8 Å². The molecule has 0 spiro atoms. The smallest absolute Gasteiger partial charge is 0.231 e. The lowest BCUT2D eigenvalue weighted by Gasteiger charge is -2.24. The summed E-state index contributed by atoms with van der Waals surface area (Å²) in [6.07, 6.45) is 7.44. The van der Waals surface area contributed by atoms with E-state index in [1.165, 1.54) is 37.7 Å². The molecule has 0 amide bonds. The van der Waals surface area contributed by atoms with Gasteiger partial charge in [-0.15, -0.1) is 24.0 Å². The van der Waals surface area contributed by atoms with Gasteiger partial charge in [-0.25, -0.2) is 0 Å². The number of rotatable bonds is 5. The number of hydrogen-bond acceptors (Lipinski definition) is 3. The number of nitrogens with zero attached hydrogens (tertiary/aromatic N) is 1. The Balaban J connectivity index is 0.00000208. The Bertz CT molecular complexity index is 545. The quantitative estimate of drug-likeness (QED) is 0.414. The molecular weight excluding hydrogens is 417 g/mol. The number of aliphatic imine (C=N–C) groups is 1. The zero-order valence-corrected chi connectivity index (χ0v) is 16.7. The van der Waals surface area contributed by atoms with Gasteiger partial charge in [-0.3, -0.25) is 4.99 Å². The van der Waals surface area contributed by atoms with E-state index in [1.807, 2.05) is 6.07 Å². The third-order valence-electron chi connectivity index (χ3n) is 4.40. The van der Waals surface area contributed by atoms with E-state index in [-0.39, 0.29) is 24.0 Å². The van der Waals surface area contributed by atoms with E-state index in [1.54, 1.807) is 0 Å². The SMILES string of the molecule is CCNC(=NCCc1ccc2c(c1)OCO2)NC1CCCCC1.I. The van der Waals surface area contributed by atoms with Crippen molar-refractivity contribution in [2.75, 3.05) is 19.9 Å². The molecule has 0 atom stereocenters. The molecule has 1 heterocycles. The van der Waals surface area contributed by atoms with Crippen molar-refractivity contribution in [3.8, 4) is 11.5 Å². The van der Waals surface area contributed by atoms with Gasteiger partial charge in [-0.2, -0.15) is 0 Å². The first-order valence-electron chi connectivity index (χ1n) is 8.78. The highest BCUT2D eigenvalue weighted by molar-refractivity contribution is 14.0. The Morgan fingerprint density at radius 1 is 1.17 bits per heavy atom. The zero-order chi connectivity index (χ0) is 15.9. The van der Waals surface area contributed by atoms with Gasteiger partial charge in [0, 0.05) is 19.1 Å². The molecule has 0 aromatic heterocycles. The van der Waals surface area contributed by atoms with Crippen LogP contribution in [0.4, 0.5) is 0 Å². The van der Waals surface area contributed by atoms with Crippen molar-refractivity contribution < 1.29 is 9.47 Å². The summed E-state index contributed by atoms with van der Waals surface area (Å²) < 4.78 is 10.8. The topological polar surface area (TPSA) is 54.9 Å². The van der Waals surface area contributed by atoms with Gasteiger partial charge < -0.3 is 20.1 Å². The van der Waals surface area contributed by atoms with Crippen LogP contribution < -0.4 is 20.1 Å². The fourth-order valence-electron chi connectivity index (χ4n) is 3.15. The molecule has 134 valence electrons. The first kappa shape index (κ1) is 19.1. The molecule has 6 heteroatoms. The Hall–Kier alpha value is -1.18. The van der Waals surface area contributed by atoms with Crippen LogP contribution in [0.3, 0.4) is 0 Å². The van der Waals surface area contributed by atoms with E-state index in [4.69, 9.17) is 14.5 Å². The largest absolute Gasteiger partial charge is 0.454 e. The standard InChI is InChI=1S/C18H27N3O2.HI/c1-2-19-18(21-15-6-4-3-5-7-15)20-11-10-14-8-9-16-17(12-14)23-13-22-16;/h8-9,12,15H,2-7,10-11,13H2,1H3,(H2,19,20,21);1H. The molecule has 2 aliphatic rings. The van der Waals surface area contributed by atoms with Crippen molar-refractivity contribution in [2.24, 2.45) is 4.99 Å². The Morgan fingerprint density at radius 3 is 2.75 bits per heavy atom. The van der Waals surface area contributed by atoms with E-state index in [0.717, 1.165) is 37.0 Å². The second kappa shape index (κ2) is 9.96. The Kier molecular flexibility index (Phi) is 7.94. The monoisotopic (exact) mass is 445 g/mol. The van der Waals surface area contributed by atoms with Gasteiger partial charge in [0.2, 0.25) is 6.79 Å². The van der Waals surface area contributed by atoms with E-state index in [9.17, 15) is 0 Å². The van der Waals surface area contributed by atoms with Crippen LogP contribution in [0.5, 0.6) is 11.5 Å². The number of benzene rings is 1. The first-order valence-corrected chi connectivity index (χ1v) is 8.78. The van der Waals surface area contributed by atoms with Gasteiger partial charge in [0.05, 0.1) is 0 Å². The molecule has 1 aromatic carbocycles. The average Bonchev–Trinajstić information content (AvgIpc) is 3.04. The minimum atomic E-state index is 0. The third-order valence-corrected chi connectivity index (χ3v) is 4.40. The molecular formula is C18H28IN3O2. The van der Waals surface area contributed by atoms with Crippen LogP contribution in [-0.2, 0) is 6.42 Å². The number of ether oxygens (including phenoxy) is 2. The van der Waals surface area contributed by atoms with Gasteiger partial charge in [0.1, 0.15) is 0 Å². The first-order chi connectivity index (χ1) is 11.3. The Labute approximate surface area is 161 Å². The summed E-state index contributed by atoms with van der Waals surface area (Å²) in [7, 11) is 0. The maximum Gasteiger partial charge on any atom is 0.231 e. The number of nitrogens with one attached hydrogen (secondary N) is 2. The molecule has 3 rings (SSSR count). The molecule has 1 fully saturated rings. The predicted octanol–water partition coefficient (Wildman–Crippen LogP) is 3.46. The van der Waals surface area contributed by atoms with Gasteiger partial charge in [0.25, 0.3) is 0 Å². The molecule has 1 aliphatic heterocycles. The molecule has 1 aliphatic carbocycles. The minimum Gasteiger partial charge on any atom is -0.454 e. The molecule has 1 saturated carbocycles. The van der Waals surface area contributed by atoms with Crippen molar-refractivity contribution in [1.29, 1.82) is 0 Å². The lowest BCUT2D eigenvalue weighted by Crippen LogP contribution is -2.44. The fraction of sp³-hybridized carbons (Fsp3) is 0.611. The van der Waals surface area contributed by atoms with E-state index >= 15 is 0 Å². The highest BCUT2D eigenvalue weighted by Crippen LogP contribution is 2.32. The van der Waals surface area contributed by atoms with Crippen molar-refractivity contribution >= 4 is 29.9 Å². The number of halogens is 1. The molecule has 0 radical (unpaired) electrons. The maximum absolute atomic E-state index is 5.42. The summed E-state index contributed by atoms with van der Waals surface area (Å²) in [5, 5.41) is 6.93. The van der Waals surface area contributed by atoms with E-state index in [2.05, 4.69) is 29.7 Å². The van der Waals surface area contributed by atoms with E-state index < -0.39 is 0 Å². The summed E-state index contributed by atoms with van der Waals surface area (Å²) >= 11 is 0. The van der Waals surface area contributed by atoms with Crippen molar-refractivity contribution in [1.82, 2.24) is 10.6 Å². The number of fused-ring (bicyclic) bond motifs is 1. The molecule has 1 aromatic rings. The summed E-state index contributed by atoms with van der Waals surface area (Å²) in [6.45, 7) is 4.09. The summed E-state index contributed by atoms with van der Waals surface area (Å²) in [5.74, 6) is 2.63. The van der Waals surface area contributed by atoms with E-state index in [0.29, 0.717) is 12.8 Å². The highest BCUT2D eigenvalue weighted by Gasteiger charge is 2.15. The van der Waals surface area contributed by atoms with Gasteiger partial charge in [0.15, 0.2) is 17.5 Å². The maximum atomic E-state index is 5.42. The molecule has 2 N–H and O–H groups in total. The Morgan fingerprint density at radius 2 is 1.96 bits per heavy atom. The highest BCUT2D eigenvalue weighted by atomic mass is 127. The van der Waals surface area contributed by atoms with Gasteiger partial charge in [-0.05, 0) is 43.9 Å². The average molecular weight is 445 g/mol. The number of guanidine groups is 1. The van der Waals surface area contributed by atoms with Gasteiger partial charge >= 0.3 is 0 Å². The molecule has 0 saturated heterocycles. The van der Waals surface area contributed by atoms with Crippen LogP contribution >= 0.6 is 24.0 Å². The van der Waals surface area contributed by atoms with Crippen LogP contribution in [0.1, 0.15) is 44.6 Å². The summed E-state index contributed by atoms with van der Waals surface area (Å²) in [4.78, 5) is 4.72. The molecule has 0 unspecified atom stereocenters. The molecule has 0 bridgehead atoms. The van der Waals surface area contributed by atoms with Crippen LogP contribution in [0.2, 0.25) is 0 Å². The third kappa shape index (κ3) is 5.43. The van der Waals surface area contributed by atoms with Crippen LogP contribution in [0.25, 0.3) is 0 Å². The van der Waals surface area contributed by atoms with Crippen LogP contribution in [-0.4, -0.2) is 31.9 Å². The van der Waals surface area contributed by atoms with Crippen LogP contribution in [0.15, 0.2) is 23.2 Å². The second-order valence-corrected chi connectivity index (χ2v) is 6.18. The zero-order valence-electron chi connectivity index (χ0n) is 14.3. The van der Waals surface area contributed by atoms with Crippen LogP contribution in [0, 0.1) is 0 Å².